The number of anilines is 3. The van der Waals surface area contributed by atoms with Gasteiger partial charge in [0.05, 0.1) is 29.7 Å². The molecule has 3 N–H and O–H groups in total. The number of para-hydroxylation sites is 1. The first-order chi connectivity index (χ1) is 30.4. The number of carbonyl (C=O) groups is 3. The van der Waals surface area contributed by atoms with Crippen molar-refractivity contribution in [3.05, 3.63) is 42.5 Å². The first-order valence-corrected chi connectivity index (χ1v) is 23.5. The fourth-order valence-corrected chi connectivity index (χ4v) is 10.6. The molecule has 1 atom stereocenters. The molecule has 0 bridgehead atoms. The molecular weight excluding hydrogens is 827 g/mol. The highest BCUT2D eigenvalue weighted by Crippen LogP contribution is 2.41. The second kappa shape index (κ2) is 22.1. The van der Waals surface area contributed by atoms with Gasteiger partial charge in [-0.25, -0.2) is 4.98 Å². The van der Waals surface area contributed by atoms with E-state index >= 15 is 0 Å². The quantitative estimate of drug-likeness (QED) is 0.123. The lowest BCUT2D eigenvalue weighted by molar-refractivity contribution is -0.110. The molecule has 3 aliphatic heterocycles. The Labute approximate surface area is 371 Å². The summed E-state index contributed by atoms with van der Waals surface area (Å²) in [5, 5.41) is 17.6. The fourth-order valence-electron chi connectivity index (χ4n) is 8.89. The molecule has 6 heterocycles. The maximum Gasteiger partial charge on any atom is 0.281 e. The van der Waals surface area contributed by atoms with E-state index in [1.54, 1.807) is 43.8 Å². The van der Waals surface area contributed by atoms with Gasteiger partial charge in [0.15, 0.2) is 5.75 Å². The maximum absolute atomic E-state index is 13.8. The molecule has 0 aliphatic carbocycles. The lowest BCUT2D eigenvalue weighted by atomic mass is 9.86. The Morgan fingerprint density at radius 2 is 1.65 bits per heavy atom. The van der Waals surface area contributed by atoms with Crippen LogP contribution >= 0.6 is 0 Å². The van der Waals surface area contributed by atoms with Crippen molar-refractivity contribution in [2.45, 2.75) is 89.3 Å². The summed E-state index contributed by atoms with van der Waals surface area (Å²) in [5.41, 5.74) is 4.61. The van der Waals surface area contributed by atoms with Crippen LogP contribution in [0.1, 0.15) is 76.7 Å². The molecule has 7 rings (SSSR count). The van der Waals surface area contributed by atoms with Crippen LogP contribution in [0.4, 0.5) is 17.3 Å². The van der Waals surface area contributed by atoms with E-state index in [1.807, 2.05) is 52.0 Å². The molecule has 0 saturated carbocycles. The number of hydrogen-bond acceptors (Lipinski definition) is 14. The van der Waals surface area contributed by atoms with Gasteiger partial charge in [0, 0.05) is 71.0 Å². The number of piperidine rings is 3. The van der Waals surface area contributed by atoms with Crippen molar-refractivity contribution in [1.82, 2.24) is 48.6 Å². The molecule has 63 heavy (non-hydrogen) atoms. The third-order valence-electron chi connectivity index (χ3n) is 12.2. The Bertz CT molecular complexity index is 2200. The predicted octanol–water partition coefficient (Wildman–Crippen LogP) is 3.43. The van der Waals surface area contributed by atoms with E-state index in [-0.39, 0.29) is 24.5 Å². The Morgan fingerprint density at radius 1 is 0.968 bits per heavy atom. The third kappa shape index (κ3) is 11.4. The molecule has 3 aromatic heterocycles. The Balaban J connectivity index is 0.00000214. The van der Waals surface area contributed by atoms with E-state index in [2.05, 4.69) is 41.9 Å². The molecule has 1 amide bonds. The number of likely N-dealkylation sites (tertiary alicyclic amines) is 1. The van der Waals surface area contributed by atoms with Gasteiger partial charge < -0.3 is 39.7 Å². The van der Waals surface area contributed by atoms with Crippen molar-refractivity contribution in [2.75, 3.05) is 89.1 Å². The number of aldehydes is 2. The minimum Gasteiger partial charge on any atom is -0.485 e. The number of aromatic nitrogens is 6. The Hall–Kier alpha value is -5.02. The van der Waals surface area contributed by atoms with Gasteiger partial charge in [-0.1, -0.05) is 12.1 Å². The maximum atomic E-state index is 13.8. The molecular formula is C43H65N13O6S. The molecule has 19 nitrogen and oxygen atoms in total. The van der Waals surface area contributed by atoms with E-state index in [1.165, 1.54) is 0 Å². The van der Waals surface area contributed by atoms with Gasteiger partial charge in [0.1, 0.15) is 24.6 Å². The zero-order chi connectivity index (χ0) is 45.1. The van der Waals surface area contributed by atoms with Crippen LogP contribution in [-0.4, -0.2) is 163 Å². The summed E-state index contributed by atoms with van der Waals surface area (Å²) < 4.78 is 38.6. The molecule has 1 unspecified atom stereocenters. The number of benzene rings is 1. The van der Waals surface area contributed by atoms with Crippen LogP contribution in [0, 0.1) is 5.92 Å². The number of aromatic amines is 1. The first-order valence-electron chi connectivity index (χ1n) is 22.1. The molecule has 344 valence electrons. The lowest BCUT2D eigenvalue weighted by Gasteiger charge is -2.40. The zero-order valence-corrected chi connectivity index (χ0v) is 38.3. The number of carbonyl (C=O) groups excluding carboxylic acids is 3. The number of hydrogen-bond donors (Lipinski definition) is 3. The summed E-state index contributed by atoms with van der Waals surface area (Å²) in [5.74, 6) is 1.62. The van der Waals surface area contributed by atoms with E-state index in [0.29, 0.717) is 74.4 Å². The highest BCUT2D eigenvalue weighted by atomic mass is 32.2. The van der Waals surface area contributed by atoms with Gasteiger partial charge in [-0.05, 0) is 109 Å². The number of nitrogens with one attached hydrogen (secondary N) is 3. The van der Waals surface area contributed by atoms with Crippen LogP contribution in [0.5, 0.6) is 5.75 Å². The summed E-state index contributed by atoms with van der Waals surface area (Å²) in [6.45, 7) is 8.49. The highest BCUT2D eigenvalue weighted by molar-refractivity contribution is 7.86. The highest BCUT2D eigenvalue weighted by Gasteiger charge is 2.36. The summed E-state index contributed by atoms with van der Waals surface area (Å²) in [6.07, 6.45) is 12.9. The van der Waals surface area contributed by atoms with Crippen LogP contribution < -0.4 is 25.2 Å². The van der Waals surface area contributed by atoms with Crippen molar-refractivity contribution >= 4 is 52.2 Å². The lowest BCUT2D eigenvalue weighted by Crippen LogP contribution is -2.51. The van der Waals surface area contributed by atoms with Crippen molar-refractivity contribution in [2.24, 2.45) is 5.92 Å². The van der Waals surface area contributed by atoms with Gasteiger partial charge in [0.25, 0.3) is 10.2 Å². The molecule has 20 heteroatoms. The SMILES string of the molecule is CC(C)Oc1c(-c2cn[nH]c2)ncn2nc(NC3CCN(S(=O)(=O)N4CCC(CN5CCC(c6cccc(N(C)C(C=O)CCC=O)c6N(C)C=O)CC5)CC4)CC3)nc12.CNC. The largest absolute Gasteiger partial charge is 0.485 e. The summed E-state index contributed by atoms with van der Waals surface area (Å²) in [6, 6.07) is 5.52. The molecule has 0 radical (unpaired) electrons. The van der Waals surface area contributed by atoms with E-state index in [4.69, 9.17) is 9.72 Å². The number of amides is 1. The van der Waals surface area contributed by atoms with Gasteiger partial charge in [-0.15, -0.1) is 5.10 Å². The number of likely N-dealkylation sites (N-methyl/N-ethyl adjacent to an activating group) is 1. The monoisotopic (exact) mass is 891 g/mol. The number of H-pyrrole nitrogens is 1. The van der Waals surface area contributed by atoms with Crippen LogP contribution in [-0.2, 0) is 24.6 Å². The summed E-state index contributed by atoms with van der Waals surface area (Å²) >= 11 is 0. The van der Waals surface area contributed by atoms with Crippen LogP contribution in [0.2, 0.25) is 0 Å². The van der Waals surface area contributed by atoms with Crippen molar-refractivity contribution in [3.63, 3.8) is 0 Å². The molecule has 3 saturated heterocycles. The number of rotatable bonds is 18. The van der Waals surface area contributed by atoms with Gasteiger partial charge in [-0.3, -0.25) is 9.89 Å². The first kappa shape index (κ1) is 47.5. The predicted molar refractivity (Wildman–Crippen MR) is 243 cm³/mol. The van der Waals surface area contributed by atoms with E-state index in [9.17, 15) is 22.8 Å². The van der Waals surface area contributed by atoms with Crippen LogP contribution in [0.15, 0.2) is 36.9 Å². The smallest absolute Gasteiger partial charge is 0.281 e. The standard InChI is InChI=1S/C41H58N12O6S.C2H7N/c1-29(2)59-39-37(32-23-43-44-24-32)42-27-53-40(39)46-41(47-53)45-33-14-20-52(21-15-33)60(57,58)51-18-10-30(11-19-51)25-50-16-12-31(13-17-50)35-8-5-9-36(38(35)48(3)28-56)49(4)34(26-55)7-6-22-54;1-3-2/h5,8-9,22-24,26-31,33-34H,6-7,10-21,25H2,1-4H3,(H,43,44)(H,45,47);3H,1-2H3. The number of fused-ring (bicyclic) bond motifs is 1. The third-order valence-corrected chi connectivity index (χ3v) is 14.2. The average molecular weight is 892 g/mol. The topological polar surface area (TPSA) is 207 Å². The second-order valence-electron chi connectivity index (χ2n) is 17.0. The van der Waals surface area contributed by atoms with Crippen LogP contribution in [0.25, 0.3) is 16.9 Å². The van der Waals surface area contributed by atoms with Crippen molar-refractivity contribution in [1.29, 1.82) is 0 Å². The average Bonchev–Trinajstić information content (AvgIpc) is 3.98. The fraction of sp³-hybridized carbons (Fsp3) is 0.605. The Morgan fingerprint density at radius 3 is 2.25 bits per heavy atom. The minimum absolute atomic E-state index is 0.0105. The van der Waals surface area contributed by atoms with Crippen molar-refractivity contribution in [3.8, 4) is 17.0 Å². The second-order valence-corrected chi connectivity index (χ2v) is 18.9. The molecule has 3 aliphatic rings. The minimum atomic E-state index is -3.58. The van der Waals surface area contributed by atoms with E-state index < -0.39 is 16.3 Å². The van der Waals surface area contributed by atoms with Crippen LogP contribution in [0.3, 0.4) is 0 Å². The van der Waals surface area contributed by atoms with Gasteiger partial charge >= 0.3 is 0 Å². The molecule has 4 aromatic rings. The van der Waals surface area contributed by atoms with Crippen molar-refractivity contribution < 1.29 is 27.5 Å². The van der Waals surface area contributed by atoms with Gasteiger partial charge in [-0.2, -0.15) is 31.6 Å². The molecule has 0 spiro atoms. The number of ether oxygens (including phenoxy) is 1. The Kier molecular flexibility index (Phi) is 16.6. The molecule has 3 fully saturated rings. The van der Waals surface area contributed by atoms with E-state index in [0.717, 1.165) is 86.8 Å². The normalized spacial score (nSPS) is 18.1. The van der Waals surface area contributed by atoms with Gasteiger partial charge in [0.2, 0.25) is 18.0 Å². The zero-order valence-electron chi connectivity index (χ0n) is 37.5. The summed E-state index contributed by atoms with van der Waals surface area (Å²) in [7, 11) is 3.74. The molecule has 1 aromatic carbocycles. The summed E-state index contributed by atoms with van der Waals surface area (Å²) in [4.78, 5) is 50.3. The number of nitrogens with zero attached hydrogens (tertiary/aromatic N) is 10.